The quantitative estimate of drug-likeness (QED) is 0.685. The summed E-state index contributed by atoms with van der Waals surface area (Å²) in [6, 6.07) is 1.52. The van der Waals surface area contributed by atoms with Gasteiger partial charge in [0.2, 0.25) is 10.0 Å². The van der Waals surface area contributed by atoms with Crippen LogP contribution in [0.4, 0.5) is 25.0 Å². The maximum atomic E-state index is 14.8. The molecular formula is C21H32F2N4O4S. The van der Waals surface area contributed by atoms with Crippen LogP contribution in [0.25, 0.3) is 0 Å². The highest BCUT2D eigenvalue weighted by Gasteiger charge is 2.29. The summed E-state index contributed by atoms with van der Waals surface area (Å²) in [5.41, 5.74) is -0.0889. The number of carbonyl (C=O) groups excluding carboxylic acids is 1. The molecule has 8 nitrogen and oxygen atoms in total. The lowest BCUT2D eigenvalue weighted by Gasteiger charge is -2.37. The fraction of sp³-hybridized carbons (Fsp3) is 0.667. The lowest BCUT2D eigenvalue weighted by molar-refractivity contribution is -0.00557. The third-order valence-corrected chi connectivity index (χ3v) is 7.64. The van der Waals surface area contributed by atoms with Crippen LogP contribution in [0.5, 0.6) is 0 Å². The van der Waals surface area contributed by atoms with Crippen molar-refractivity contribution in [2.75, 3.05) is 36.4 Å². The van der Waals surface area contributed by atoms with Gasteiger partial charge >= 0.3 is 6.03 Å². The first kappa shape index (κ1) is 24.7. The number of morpholine rings is 1. The predicted octanol–water partition coefficient (Wildman–Crippen LogP) is 2.90. The summed E-state index contributed by atoms with van der Waals surface area (Å²) in [4.78, 5) is 15.7. The third-order valence-electron chi connectivity index (χ3n) is 5.74. The average molecular weight is 475 g/mol. The van der Waals surface area contributed by atoms with Crippen molar-refractivity contribution >= 4 is 27.4 Å². The van der Waals surface area contributed by atoms with E-state index in [2.05, 4.69) is 10.0 Å². The highest BCUT2D eigenvalue weighted by atomic mass is 32.2. The molecule has 2 heterocycles. The number of carbonyl (C=O) groups is 1. The molecule has 2 fully saturated rings. The molecule has 2 atom stereocenters. The zero-order valence-electron chi connectivity index (χ0n) is 18.9. The number of benzene rings is 1. The summed E-state index contributed by atoms with van der Waals surface area (Å²) in [7, 11) is -3.38. The van der Waals surface area contributed by atoms with E-state index in [1.165, 1.54) is 4.90 Å². The van der Waals surface area contributed by atoms with Gasteiger partial charge in [-0.15, -0.1) is 0 Å². The van der Waals surface area contributed by atoms with Crippen molar-refractivity contribution in [1.29, 1.82) is 0 Å². The van der Waals surface area contributed by atoms with Gasteiger partial charge in [0.1, 0.15) is 5.69 Å². The molecule has 2 aliphatic rings. The van der Waals surface area contributed by atoms with E-state index in [1.807, 2.05) is 13.8 Å². The van der Waals surface area contributed by atoms with E-state index in [0.29, 0.717) is 39.0 Å². The fourth-order valence-electron chi connectivity index (χ4n) is 4.07. The molecule has 0 radical (unpaired) electrons. The van der Waals surface area contributed by atoms with Gasteiger partial charge in [0, 0.05) is 37.9 Å². The SMILES string of the molecule is CC1CN(c2c(F)cc(NC(=O)N3CCC(NS(=O)(=O)C(C)C)CC3)cc2F)CC(C)O1. The maximum absolute atomic E-state index is 14.8. The minimum atomic E-state index is -3.38. The molecule has 11 heteroatoms. The number of likely N-dealkylation sites (tertiary alicyclic amines) is 1. The highest BCUT2D eigenvalue weighted by molar-refractivity contribution is 7.90. The summed E-state index contributed by atoms with van der Waals surface area (Å²) in [6.07, 6.45) is 0.637. The molecule has 3 rings (SSSR count). The molecule has 0 aromatic heterocycles. The van der Waals surface area contributed by atoms with Crippen molar-refractivity contribution in [3.05, 3.63) is 23.8 Å². The van der Waals surface area contributed by atoms with Gasteiger partial charge in [-0.1, -0.05) is 0 Å². The van der Waals surface area contributed by atoms with Crippen LogP contribution in [-0.4, -0.2) is 69.0 Å². The third kappa shape index (κ3) is 5.87. The highest BCUT2D eigenvalue weighted by Crippen LogP contribution is 2.30. The predicted molar refractivity (Wildman–Crippen MR) is 119 cm³/mol. The standard InChI is InChI=1S/C21H32F2N4O4S/c1-13(2)32(29,30)25-16-5-7-26(8-6-16)21(28)24-17-9-18(22)20(19(23)10-17)27-11-14(3)31-15(4)12-27/h9-10,13-16,25H,5-8,11-12H2,1-4H3,(H,24,28). The molecule has 2 saturated heterocycles. The average Bonchev–Trinajstić information content (AvgIpc) is 2.66. The Bertz CT molecular complexity index is 903. The monoisotopic (exact) mass is 474 g/mol. The molecule has 0 aliphatic carbocycles. The van der Waals surface area contributed by atoms with E-state index in [0.717, 1.165) is 12.1 Å². The van der Waals surface area contributed by atoms with Crippen LogP contribution in [-0.2, 0) is 14.8 Å². The van der Waals surface area contributed by atoms with Crippen LogP contribution in [0.15, 0.2) is 12.1 Å². The van der Waals surface area contributed by atoms with Crippen LogP contribution in [0, 0.1) is 11.6 Å². The molecule has 2 aliphatic heterocycles. The minimum absolute atomic E-state index is 0.0331. The van der Waals surface area contributed by atoms with Gasteiger partial charge in [0.15, 0.2) is 11.6 Å². The van der Waals surface area contributed by atoms with Crippen LogP contribution in [0.3, 0.4) is 0 Å². The first-order chi connectivity index (χ1) is 15.0. The number of anilines is 2. The van der Waals surface area contributed by atoms with E-state index in [4.69, 9.17) is 4.74 Å². The molecule has 1 aromatic rings. The Kier molecular flexibility index (Phi) is 7.61. The second-order valence-electron chi connectivity index (χ2n) is 8.85. The number of ether oxygens (including phenoxy) is 1. The van der Waals surface area contributed by atoms with Crippen LogP contribution in [0.1, 0.15) is 40.5 Å². The van der Waals surface area contributed by atoms with Crippen LogP contribution in [0.2, 0.25) is 0 Å². The number of urea groups is 1. The van der Waals surface area contributed by atoms with Gasteiger partial charge in [-0.05, 0) is 52.7 Å². The van der Waals surface area contributed by atoms with Gasteiger partial charge in [-0.25, -0.2) is 26.7 Å². The van der Waals surface area contributed by atoms with E-state index in [1.54, 1.807) is 18.7 Å². The number of nitrogens with zero attached hydrogens (tertiary/aromatic N) is 2. The Hall–Kier alpha value is -1.98. The number of piperidine rings is 1. The van der Waals surface area contributed by atoms with E-state index in [-0.39, 0.29) is 29.6 Å². The van der Waals surface area contributed by atoms with Crippen LogP contribution >= 0.6 is 0 Å². The van der Waals surface area contributed by atoms with E-state index in [9.17, 15) is 22.0 Å². The summed E-state index contributed by atoms with van der Waals surface area (Å²) >= 11 is 0. The topological polar surface area (TPSA) is 91.0 Å². The van der Waals surface area contributed by atoms with Crippen LogP contribution < -0.4 is 14.9 Å². The second-order valence-corrected chi connectivity index (χ2v) is 11.1. The van der Waals surface area contributed by atoms with Crippen molar-refractivity contribution in [1.82, 2.24) is 9.62 Å². The molecule has 2 N–H and O–H groups in total. The Morgan fingerprint density at radius 3 is 2.12 bits per heavy atom. The minimum Gasteiger partial charge on any atom is -0.372 e. The number of nitrogens with one attached hydrogen (secondary N) is 2. The number of hydrogen-bond acceptors (Lipinski definition) is 5. The largest absolute Gasteiger partial charge is 0.372 e. The molecule has 1 aromatic carbocycles. The number of sulfonamides is 1. The normalized spacial score (nSPS) is 23.0. The van der Waals surface area contributed by atoms with Crippen molar-refractivity contribution < 1.29 is 26.7 Å². The molecule has 0 spiro atoms. The van der Waals surface area contributed by atoms with Gasteiger partial charge in [0.25, 0.3) is 0 Å². The molecule has 2 amide bonds. The van der Waals surface area contributed by atoms with Gasteiger partial charge < -0.3 is 19.9 Å². The number of rotatable bonds is 5. The van der Waals surface area contributed by atoms with Crippen molar-refractivity contribution in [3.63, 3.8) is 0 Å². The van der Waals surface area contributed by atoms with E-state index < -0.39 is 32.9 Å². The first-order valence-electron chi connectivity index (χ1n) is 10.9. The Labute approximate surface area is 188 Å². The summed E-state index contributed by atoms with van der Waals surface area (Å²) in [6.45, 7) is 8.34. The lowest BCUT2D eigenvalue weighted by atomic mass is 10.1. The fourth-order valence-corrected chi connectivity index (χ4v) is 5.04. The van der Waals surface area contributed by atoms with Crippen molar-refractivity contribution in [2.45, 2.75) is 64.0 Å². The number of hydrogen-bond donors (Lipinski definition) is 2. The molecule has 180 valence electrons. The smallest absolute Gasteiger partial charge is 0.321 e. The van der Waals surface area contributed by atoms with Gasteiger partial charge in [-0.2, -0.15) is 0 Å². The van der Waals surface area contributed by atoms with Gasteiger partial charge in [0.05, 0.1) is 17.5 Å². The maximum Gasteiger partial charge on any atom is 0.321 e. The zero-order chi connectivity index (χ0) is 23.6. The summed E-state index contributed by atoms with van der Waals surface area (Å²) in [5.74, 6) is -1.49. The molecule has 0 bridgehead atoms. The Balaban J connectivity index is 1.60. The number of halogens is 2. The summed E-state index contributed by atoms with van der Waals surface area (Å²) in [5, 5.41) is 2.02. The van der Waals surface area contributed by atoms with Crippen molar-refractivity contribution in [2.24, 2.45) is 0 Å². The summed E-state index contributed by atoms with van der Waals surface area (Å²) < 4.78 is 61.8. The number of amides is 2. The van der Waals surface area contributed by atoms with Crippen molar-refractivity contribution in [3.8, 4) is 0 Å². The molecule has 2 unspecified atom stereocenters. The first-order valence-corrected chi connectivity index (χ1v) is 12.5. The molecule has 32 heavy (non-hydrogen) atoms. The lowest BCUT2D eigenvalue weighted by Crippen LogP contribution is -2.48. The molecule has 0 saturated carbocycles. The van der Waals surface area contributed by atoms with Gasteiger partial charge in [-0.3, -0.25) is 0 Å². The Morgan fingerprint density at radius 2 is 1.62 bits per heavy atom. The van der Waals surface area contributed by atoms with E-state index >= 15 is 0 Å². The zero-order valence-corrected chi connectivity index (χ0v) is 19.7. The Morgan fingerprint density at radius 1 is 1.09 bits per heavy atom. The second kappa shape index (κ2) is 9.88. The molecular weight excluding hydrogens is 442 g/mol.